The molecule has 0 bridgehead atoms. The molecule has 3 amide bonds. The first-order valence-corrected chi connectivity index (χ1v) is 18.5. The number of fused-ring (bicyclic) bond motifs is 1. The van der Waals surface area contributed by atoms with Gasteiger partial charge in [0.2, 0.25) is 10.0 Å². The number of carbonyl (C=O) groups is 3. The molecule has 0 saturated carbocycles. The summed E-state index contributed by atoms with van der Waals surface area (Å²) in [6.45, 7) is 5.53. The number of aliphatic hydroxyl groups excluding tert-OH is 1. The maximum Gasteiger partial charge on any atom is 0.323 e. The second-order valence-corrected chi connectivity index (χ2v) is 15.5. The second kappa shape index (κ2) is 15.2. The Morgan fingerprint density at radius 2 is 1.56 bits per heavy atom. The largest absolute Gasteiger partial charge is 0.492 e. The molecule has 0 spiro atoms. The van der Waals surface area contributed by atoms with Gasteiger partial charge < -0.3 is 34.9 Å². The predicted molar refractivity (Wildman–Crippen MR) is 199 cm³/mol. The first-order chi connectivity index (χ1) is 24.6. The van der Waals surface area contributed by atoms with Gasteiger partial charge in [0.15, 0.2) is 5.75 Å². The van der Waals surface area contributed by atoms with Gasteiger partial charge in [0.05, 0.1) is 63.2 Å². The van der Waals surface area contributed by atoms with Gasteiger partial charge in [-0.2, -0.15) is 0 Å². The topological polar surface area (TPSA) is 173 Å². The summed E-state index contributed by atoms with van der Waals surface area (Å²) in [4.78, 5) is 41.8. The van der Waals surface area contributed by atoms with Crippen LogP contribution in [0.2, 0.25) is 0 Å². The first kappa shape index (κ1) is 38.1. The van der Waals surface area contributed by atoms with E-state index < -0.39 is 45.8 Å². The number of urea groups is 1. The van der Waals surface area contributed by atoms with Crippen molar-refractivity contribution in [1.82, 2.24) is 4.90 Å². The van der Waals surface area contributed by atoms with E-state index in [0.29, 0.717) is 27.6 Å². The van der Waals surface area contributed by atoms with Gasteiger partial charge >= 0.3 is 12.0 Å². The van der Waals surface area contributed by atoms with E-state index in [9.17, 15) is 27.9 Å². The average Bonchev–Trinajstić information content (AvgIpc) is 3.10. The lowest BCUT2D eigenvalue weighted by Crippen LogP contribution is -2.57. The van der Waals surface area contributed by atoms with Crippen molar-refractivity contribution in [1.29, 1.82) is 0 Å². The van der Waals surface area contributed by atoms with Crippen LogP contribution in [0.5, 0.6) is 5.75 Å². The molecule has 1 aliphatic rings. The van der Waals surface area contributed by atoms with Gasteiger partial charge in [-0.1, -0.05) is 75.4 Å². The number of hydrogen-bond acceptors (Lipinski definition) is 9. The van der Waals surface area contributed by atoms with Crippen LogP contribution in [0.1, 0.15) is 48.7 Å². The zero-order valence-electron chi connectivity index (χ0n) is 30.0. The highest BCUT2D eigenvalue weighted by atomic mass is 32.2. The molecular weight excluding hydrogens is 689 g/mol. The van der Waals surface area contributed by atoms with Crippen molar-refractivity contribution in [2.24, 2.45) is 0 Å². The fraction of sp³-hybridized carbons (Fsp3) is 0.342. The number of methoxy groups -OCH3 is 2. The Kier molecular flexibility index (Phi) is 11.1. The molecule has 2 unspecified atom stereocenters. The van der Waals surface area contributed by atoms with E-state index in [-0.39, 0.29) is 42.5 Å². The van der Waals surface area contributed by atoms with Crippen LogP contribution in [-0.4, -0.2) is 82.6 Å². The minimum Gasteiger partial charge on any atom is -0.492 e. The number of rotatable bonds is 10. The molecule has 4 aromatic rings. The third kappa shape index (κ3) is 8.47. The molecule has 52 heavy (non-hydrogen) atoms. The maximum absolute atomic E-state index is 14.3. The summed E-state index contributed by atoms with van der Waals surface area (Å²) in [5.41, 5.74) is 0.890. The van der Waals surface area contributed by atoms with E-state index in [4.69, 9.17) is 14.2 Å². The molecule has 1 heterocycles. The number of carbonyl (C=O) groups excluding carboxylic acids is 3. The smallest absolute Gasteiger partial charge is 0.323 e. The molecule has 0 aromatic heterocycles. The molecule has 1 fully saturated rings. The summed E-state index contributed by atoms with van der Waals surface area (Å²) in [6, 6.07) is 22.2. The summed E-state index contributed by atoms with van der Waals surface area (Å²) >= 11 is 0. The lowest BCUT2D eigenvalue weighted by Gasteiger charge is -2.45. The van der Waals surface area contributed by atoms with Crippen LogP contribution in [0.15, 0.2) is 78.9 Å². The summed E-state index contributed by atoms with van der Waals surface area (Å²) in [5.74, 6) is -0.734. The maximum atomic E-state index is 14.3. The number of aliphatic hydroxyl groups is 1. The molecule has 4 aromatic carbocycles. The van der Waals surface area contributed by atoms with Crippen molar-refractivity contribution in [2.45, 2.75) is 44.3 Å². The lowest BCUT2D eigenvalue weighted by molar-refractivity contribution is -0.180. The Morgan fingerprint density at radius 3 is 2.17 bits per heavy atom. The van der Waals surface area contributed by atoms with Crippen LogP contribution < -0.4 is 20.1 Å². The Hall–Kier alpha value is -5.18. The molecule has 2 atom stereocenters. The lowest BCUT2D eigenvalue weighted by atomic mass is 9.86. The fourth-order valence-corrected chi connectivity index (χ4v) is 6.86. The second-order valence-electron chi connectivity index (χ2n) is 13.7. The number of benzene rings is 4. The van der Waals surface area contributed by atoms with E-state index >= 15 is 0 Å². The Labute approximate surface area is 303 Å². The molecule has 5 rings (SSSR count). The van der Waals surface area contributed by atoms with E-state index in [1.54, 1.807) is 65.6 Å². The number of nitrogens with zero attached hydrogens (tertiary/aromatic N) is 1. The molecule has 0 radical (unpaired) electrons. The number of esters is 1. The molecule has 4 N–H and O–H groups in total. The quantitative estimate of drug-likeness (QED) is 0.155. The first-order valence-electron chi connectivity index (χ1n) is 16.6. The fourth-order valence-electron chi connectivity index (χ4n) is 6.31. The monoisotopic (exact) mass is 732 g/mol. The van der Waals surface area contributed by atoms with Gasteiger partial charge in [0, 0.05) is 17.5 Å². The van der Waals surface area contributed by atoms with E-state index in [2.05, 4.69) is 15.4 Å². The molecule has 276 valence electrons. The van der Waals surface area contributed by atoms with Gasteiger partial charge in [-0.05, 0) is 46.2 Å². The molecule has 13 nitrogen and oxygen atoms in total. The van der Waals surface area contributed by atoms with Gasteiger partial charge in [-0.3, -0.25) is 14.3 Å². The highest BCUT2D eigenvalue weighted by Crippen LogP contribution is 2.40. The SMILES string of the molecule is COC(=O)CC1CN(C(=O)c2ccc(NC(=O)Nc3cc(C(C)(C)C)cc(NS(C)(=O)=O)c3OC)c3ccccc23)CC(CO)(c2ccccc2)O1. The van der Waals surface area contributed by atoms with Crippen LogP contribution >= 0.6 is 0 Å². The standard InChI is InChI=1S/C38H44N4O9S/c1-37(2,3)25-18-31(34(50-5)32(19-25)41-52(6,47)48)40-36(46)39-30-17-16-29(27-14-10-11-15-28(27)30)35(45)42-21-26(20-33(44)49-4)51-38(22-42,23-43)24-12-8-7-9-13-24/h7-19,26,41,43H,20-23H2,1-6H3,(H2,39,40,46). The third-order valence-electron chi connectivity index (χ3n) is 8.83. The van der Waals surface area contributed by atoms with Crippen LogP contribution in [0.4, 0.5) is 21.9 Å². The van der Waals surface area contributed by atoms with Crippen molar-refractivity contribution in [2.75, 3.05) is 55.5 Å². The molecule has 1 saturated heterocycles. The van der Waals surface area contributed by atoms with Gasteiger partial charge in [0.1, 0.15) is 5.60 Å². The molecule has 1 aliphatic heterocycles. The normalized spacial score (nSPS) is 17.7. The zero-order valence-corrected chi connectivity index (χ0v) is 30.8. The van der Waals surface area contributed by atoms with E-state index in [1.165, 1.54) is 14.2 Å². The highest BCUT2D eigenvalue weighted by Gasteiger charge is 2.44. The number of nitrogens with one attached hydrogen (secondary N) is 3. The van der Waals surface area contributed by atoms with Crippen molar-refractivity contribution in [3.8, 4) is 5.75 Å². The number of anilines is 3. The van der Waals surface area contributed by atoms with Crippen LogP contribution in [0, 0.1) is 0 Å². The minimum absolute atomic E-state index is 0.0202. The summed E-state index contributed by atoms with van der Waals surface area (Å²) < 4.78 is 43.5. The number of ether oxygens (including phenoxy) is 3. The molecular formula is C38H44N4O9S. The summed E-state index contributed by atoms with van der Waals surface area (Å²) in [7, 11) is -1.02. The summed E-state index contributed by atoms with van der Waals surface area (Å²) in [5, 5.41) is 17.5. The molecule has 0 aliphatic carbocycles. The number of morpholine rings is 1. The van der Waals surface area contributed by atoms with E-state index in [0.717, 1.165) is 11.8 Å². The van der Waals surface area contributed by atoms with Crippen molar-refractivity contribution >= 4 is 55.8 Å². The van der Waals surface area contributed by atoms with Crippen molar-refractivity contribution in [3.63, 3.8) is 0 Å². The molecule has 14 heteroatoms. The van der Waals surface area contributed by atoms with Crippen LogP contribution in [-0.2, 0) is 35.3 Å². The Bertz CT molecular complexity index is 2080. The van der Waals surface area contributed by atoms with Crippen molar-refractivity contribution < 1.29 is 42.1 Å². The van der Waals surface area contributed by atoms with Crippen molar-refractivity contribution in [3.05, 3.63) is 95.6 Å². The van der Waals surface area contributed by atoms with Gasteiger partial charge in [-0.15, -0.1) is 0 Å². The van der Waals surface area contributed by atoms with Gasteiger partial charge in [-0.25, -0.2) is 13.2 Å². The number of hydrogen-bond donors (Lipinski definition) is 4. The zero-order chi connectivity index (χ0) is 37.8. The number of amides is 3. The summed E-state index contributed by atoms with van der Waals surface area (Å²) in [6.07, 6.45) is 0.153. The Balaban J connectivity index is 1.47. The van der Waals surface area contributed by atoms with Crippen LogP contribution in [0.25, 0.3) is 10.8 Å². The van der Waals surface area contributed by atoms with Crippen LogP contribution in [0.3, 0.4) is 0 Å². The minimum atomic E-state index is -3.67. The van der Waals surface area contributed by atoms with Gasteiger partial charge in [0.25, 0.3) is 5.91 Å². The third-order valence-corrected chi connectivity index (χ3v) is 9.42. The number of sulfonamides is 1. The highest BCUT2D eigenvalue weighted by molar-refractivity contribution is 7.92. The Morgan fingerprint density at radius 1 is 0.923 bits per heavy atom. The average molecular weight is 733 g/mol. The van der Waals surface area contributed by atoms with E-state index in [1.807, 2.05) is 39.0 Å². The predicted octanol–water partition coefficient (Wildman–Crippen LogP) is 5.45.